The minimum Gasteiger partial charge on any atom is -0.378 e. The van der Waals surface area contributed by atoms with Gasteiger partial charge in [-0.15, -0.1) is 12.3 Å². The summed E-state index contributed by atoms with van der Waals surface area (Å²) >= 11 is 0. The highest BCUT2D eigenvalue weighted by molar-refractivity contribution is 5.76. The van der Waals surface area contributed by atoms with Crippen LogP contribution in [0.2, 0.25) is 0 Å². The molecule has 28 heavy (non-hydrogen) atoms. The lowest BCUT2D eigenvalue weighted by Crippen LogP contribution is -2.38. The molecular formula is C19H26N6O3. The van der Waals surface area contributed by atoms with Crippen LogP contribution < -0.4 is 15.8 Å². The van der Waals surface area contributed by atoms with Gasteiger partial charge in [0.25, 0.3) is 5.56 Å². The van der Waals surface area contributed by atoms with E-state index in [-0.39, 0.29) is 17.9 Å². The largest absolute Gasteiger partial charge is 0.378 e. The Labute approximate surface area is 164 Å². The predicted octanol–water partition coefficient (Wildman–Crippen LogP) is 0.929. The number of aromatic nitrogens is 2. The van der Waals surface area contributed by atoms with Crippen molar-refractivity contribution in [3.8, 4) is 12.3 Å². The van der Waals surface area contributed by atoms with E-state index in [4.69, 9.17) is 11.2 Å². The van der Waals surface area contributed by atoms with E-state index >= 15 is 0 Å². The third-order valence-electron chi connectivity index (χ3n) is 5.02. The molecule has 0 atom stereocenters. The summed E-state index contributed by atoms with van der Waals surface area (Å²) in [6.45, 7) is 4.93. The van der Waals surface area contributed by atoms with Gasteiger partial charge in [0.2, 0.25) is 11.9 Å². The molecule has 9 heteroatoms. The Balaban J connectivity index is 1.47. The maximum absolute atomic E-state index is 12.4. The molecule has 9 nitrogen and oxygen atoms in total. The van der Waals surface area contributed by atoms with Crippen molar-refractivity contribution in [1.82, 2.24) is 15.3 Å². The Bertz CT molecular complexity index is 829. The normalized spacial score (nSPS) is 17.2. The van der Waals surface area contributed by atoms with Gasteiger partial charge in [-0.1, -0.05) is 0 Å². The van der Waals surface area contributed by atoms with Gasteiger partial charge in [0.1, 0.15) is 0 Å². The Morgan fingerprint density at radius 2 is 2.11 bits per heavy atom. The van der Waals surface area contributed by atoms with Crippen molar-refractivity contribution in [1.29, 1.82) is 0 Å². The highest BCUT2D eigenvalue weighted by atomic mass is 16.5. The average Bonchev–Trinajstić information content (AvgIpc) is 3.46. The van der Waals surface area contributed by atoms with Crippen LogP contribution in [0.3, 0.4) is 0 Å². The summed E-state index contributed by atoms with van der Waals surface area (Å²) in [7, 11) is 0. The monoisotopic (exact) mass is 386 g/mol. The number of rotatable bonds is 9. The molecule has 3 rings (SSSR count). The Hall–Kier alpha value is -2.73. The first-order valence-electron chi connectivity index (χ1n) is 9.60. The molecule has 0 radical (unpaired) electrons. The van der Waals surface area contributed by atoms with E-state index in [0.717, 1.165) is 6.42 Å². The summed E-state index contributed by atoms with van der Waals surface area (Å²) in [5, 5.41) is 11.0. The smallest absolute Gasteiger partial charge is 0.255 e. The number of hydrogen-bond donors (Lipinski definition) is 2. The van der Waals surface area contributed by atoms with Crippen molar-refractivity contribution in [2.45, 2.75) is 44.7 Å². The Kier molecular flexibility index (Phi) is 6.41. The molecule has 3 heterocycles. The third-order valence-corrected chi connectivity index (χ3v) is 5.02. The predicted molar refractivity (Wildman–Crippen MR) is 104 cm³/mol. The number of carbonyl (C=O) groups is 1. The van der Waals surface area contributed by atoms with Gasteiger partial charge >= 0.3 is 0 Å². The summed E-state index contributed by atoms with van der Waals surface area (Å²) in [6, 6.07) is 0. The average molecular weight is 386 g/mol. The van der Waals surface area contributed by atoms with Gasteiger partial charge in [0.05, 0.1) is 13.2 Å². The molecular weight excluding hydrogens is 360 g/mol. The van der Waals surface area contributed by atoms with Crippen LogP contribution >= 0.6 is 0 Å². The summed E-state index contributed by atoms with van der Waals surface area (Å²) in [6.07, 6.45) is 7.83. The molecule has 0 bridgehead atoms. The standard InChI is InChI=1S/C19H26N6O3/c1-3-4-7-19(23-24-19)8-9-20-16(26)6-5-15-14(2)21-18(22-17(15)27)25-10-12-28-13-11-25/h1H,4-13H2,2H3,(H,20,26)(H,21,22,27). The van der Waals surface area contributed by atoms with Crippen LogP contribution in [-0.2, 0) is 16.0 Å². The van der Waals surface area contributed by atoms with Gasteiger partial charge in [-0.2, -0.15) is 10.2 Å². The van der Waals surface area contributed by atoms with Crippen molar-refractivity contribution >= 4 is 11.9 Å². The summed E-state index contributed by atoms with van der Waals surface area (Å²) in [4.78, 5) is 33.9. The third kappa shape index (κ3) is 5.16. The number of carbonyl (C=O) groups excluding carboxylic acids is 1. The number of amides is 1. The molecule has 1 aromatic heterocycles. The SMILES string of the molecule is C#CCCC1(CCNC(=O)CCc2c(C)nc(N3CCOCC3)[nH]c2=O)N=N1. The lowest BCUT2D eigenvalue weighted by atomic mass is 10.0. The molecule has 0 unspecified atom stereocenters. The molecule has 1 aromatic rings. The van der Waals surface area contributed by atoms with Gasteiger partial charge < -0.3 is 15.0 Å². The Morgan fingerprint density at radius 1 is 1.36 bits per heavy atom. The second-order valence-electron chi connectivity index (χ2n) is 7.04. The van der Waals surface area contributed by atoms with Crippen LogP contribution in [0.15, 0.2) is 15.0 Å². The van der Waals surface area contributed by atoms with Crippen LogP contribution in [0.5, 0.6) is 0 Å². The second-order valence-corrected chi connectivity index (χ2v) is 7.04. The number of H-pyrrole nitrogens is 1. The minimum absolute atomic E-state index is 0.108. The lowest BCUT2D eigenvalue weighted by molar-refractivity contribution is -0.121. The summed E-state index contributed by atoms with van der Waals surface area (Å²) < 4.78 is 5.32. The molecule has 0 spiro atoms. The topological polar surface area (TPSA) is 112 Å². The fourth-order valence-corrected chi connectivity index (χ4v) is 3.21. The van der Waals surface area contributed by atoms with E-state index in [1.807, 2.05) is 4.90 Å². The zero-order valence-electron chi connectivity index (χ0n) is 16.2. The number of terminal acetylenes is 1. The summed E-state index contributed by atoms with van der Waals surface area (Å²) in [5.41, 5.74) is 0.615. The highest BCUT2D eigenvalue weighted by Crippen LogP contribution is 2.35. The zero-order valence-corrected chi connectivity index (χ0v) is 16.2. The van der Waals surface area contributed by atoms with Crippen molar-refractivity contribution in [2.75, 3.05) is 37.7 Å². The van der Waals surface area contributed by atoms with Gasteiger partial charge in [-0.25, -0.2) is 4.98 Å². The maximum Gasteiger partial charge on any atom is 0.255 e. The van der Waals surface area contributed by atoms with E-state index in [2.05, 4.69) is 31.4 Å². The van der Waals surface area contributed by atoms with E-state index in [1.165, 1.54) is 0 Å². The van der Waals surface area contributed by atoms with Crippen LogP contribution in [0, 0.1) is 19.3 Å². The van der Waals surface area contributed by atoms with Crippen molar-refractivity contribution in [2.24, 2.45) is 10.2 Å². The minimum atomic E-state index is -0.396. The number of nitrogens with one attached hydrogen (secondary N) is 2. The molecule has 0 saturated carbocycles. The number of ether oxygens (including phenoxy) is 1. The van der Waals surface area contributed by atoms with Gasteiger partial charge in [-0.3, -0.25) is 14.6 Å². The quantitative estimate of drug-likeness (QED) is 0.613. The molecule has 0 aliphatic carbocycles. The number of morpholine rings is 1. The number of nitrogens with zero attached hydrogens (tertiary/aromatic N) is 4. The molecule has 2 aliphatic rings. The fraction of sp³-hybridized carbons (Fsp3) is 0.632. The first-order valence-corrected chi connectivity index (χ1v) is 9.60. The first-order chi connectivity index (χ1) is 13.5. The number of aromatic amines is 1. The first kappa shape index (κ1) is 20.0. The maximum atomic E-state index is 12.4. The molecule has 2 N–H and O–H groups in total. The molecule has 2 aliphatic heterocycles. The molecule has 1 amide bonds. The van der Waals surface area contributed by atoms with Gasteiger partial charge in [-0.05, 0) is 13.3 Å². The van der Waals surface area contributed by atoms with E-state index in [1.54, 1.807) is 6.92 Å². The molecule has 1 saturated heterocycles. The van der Waals surface area contributed by atoms with Crippen molar-refractivity contribution < 1.29 is 9.53 Å². The van der Waals surface area contributed by atoms with Crippen molar-refractivity contribution in [3.63, 3.8) is 0 Å². The zero-order chi connectivity index (χ0) is 20.0. The van der Waals surface area contributed by atoms with Crippen LogP contribution in [0.4, 0.5) is 5.95 Å². The second kappa shape index (κ2) is 8.97. The van der Waals surface area contributed by atoms with Gasteiger partial charge in [0, 0.05) is 56.6 Å². The Morgan fingerprint density at radius 3 is 2.75 bits per heavy atom. The van der Waals surface area contributed by atoms with Crippen molar-refractivity contribution in [3.05, 3.63) is 21.6 Å². The van der Waals surface area contributed by atoms with Crippen LogP contribution in [0.1, 0.15) is 36.9 Å². The van der Waals surface area contributed by atoms with E-state index in [0.29, 0.717) is 69.3 Å². The van der Waals surface area contributed by atoms with E-state index in [9.17, 15) is 9.59 Å². The lowest BCUT2D eigenvalue weighted by Gasteiger charge is -2.27. The summed E-state index contributed by atoms with van der Waals surface area (Å²) in [5.74, 6) is 3.04. The van der Waals surface area contributed by atoms with Gasteiger partial charge in [0.15, 0.2) is 5.66 Å². The van der Waals surface area contributed by atoms with Crippen LogP contribution in [0.25, 0.3) is 0 Å². The molecule has 0 aromatic carbocycles. The number of aryl methyl sites for hydroxylation is 1. The number of anilines is 1. The van der Waals surface area contributed by atoms with Crippen LogP contribution in [-0.4, -0.2) is 54.4 Å². The number of hydrogen-bond acceptors (Lipinski definition) is 7. The molecule has 1 fully saturated rings. The molecule has 150 valence electrons. The fourth-order valence-electron chi connectivity index (χ4n) is 3.21. The van der Waals surface area contributed by atoms with E-state index < -0.39 is 5.66 Å². The highest BCUT2D eigenvalue weighted by Gasteiger charge is 2.38.